The van der Waals surface area contributed by atoms with Crippen LogP contribution in [0, 0.1) is 10.1 Å². The Morgan fingerprint density at radius 1 is 1.38 bits per heavy atom. The smallest absolute Gasteiger partial charge is 0.269 e. The molecule has 0 aliphatic carbocycles. The lowest BCUT2D eigenvalue weighted by Crippen LogP contribution is -2.42. The Bertz CT molecular complexity index is 367. The van der Waals surface area contributed by atoms with Gasteiger partial charge < -0.3 is 10.6 Å². The third-order valence-electron chi connectivity index (χ3n) is 2.52. The summed E-state index contributed by atoms with van der Waals surface area (Å²) in [5.41, 5.74) is 1.12. The normalized spacial score (nSPS) is 19.9. The standard InChI is InChI=1S/C10H13N3O2.ClH/c14-13(15)9-3-1-2-8(6-9)10-7-11-4-5-12-10;/h1-3,6,10-12H,4-5,7H2;1H/t10-;/m1./s1. The maximum atomic E-state index is 10.6. The minimum Gasteiger partial charge on any atom is -0.314 e. The van der Waals surface area contributed by atoms with Gasteiger partial charge in [-0.3, -0.25) is 10.1 Å². The SMILES string of the molecule is Cl.O=[N+]([O-])c1cccc([C@H]2CNCCN2)c1. The lowest BCUT2D eigenvalue weighted by molar-refractivity contribution is -0.384. The van der Waals surface area contributed by atoms with Crippen LogP contribution in [0.4, 0.5) is 5.69 Å². The molecule has 0 amide bonds. The van der Waals surface area contributed by atoms with Crippen LogP contribution in [0.5, 0.6) is 0 Å². The van der Waals surface area contributed by atoms with Gasteiger partial charge in [-0.25, -0.2) is 0 Å². The van der Waals surface area contributed by atoms with E-state index in [-0.39, 0.29) is 29.1 Å². The maximum absolute atomic E-state index is 10.6. The third-order valence-corrected chi connectivity index (χ3v) is 2.52. The van der Waals surface area contributed by atoms with Gasteiger partial charge in [0.2, 0.25) is 0 Å². The molecular formula is C10H14ClN3O2. The van der Waals surface area contributed by atoms with Gasteiger partial charge in [-0.15, -0.1) is 12.4 Å². The Morgan fingerprint density at radius 3 is 2.81 bits per heavy atom. The average Bonchev–Trinajstić information content (AvgIpc) is 2.30. The first-order valence-corrected chi connectivity index (χ1v) is 4.96. The van der Waals surface area contributed by atoms with Crippen LogP contribution in [0.25, 0.3) is 0 Å². The lowest BCUT2D eigenvalue weighted by Gasteiger charge is -2.24. The highest BCUT2D eigenvalue weighted by Gasteiger charge is 2.16. The molecule has 16 heavy (non-hydrogen) atoms. The number of hydrogen-bond donors (Lipinski definition) is 2. The summed E-state index contributed by atoms with van der Waals surface area (Å²) in [6.07, 6.45) is 0. The second kappa shape index (κ2) is 5.79. The molecule has 0 spiro atoms. The number of halogens is 1. The van der Waals surface area contributed by atoms with Crippen molar-refractivity contribution in [2.24, 2.45) is 0 Å². The van der Waals surface area contributed by atoms with E-state index in [1.807, 2.05) is 6.07 Å². The first kappa shape index (κ1) is 12.9. The fourth-order valence-corrected chi connectivity index (χ4v) is 1.74. The van der Waals surface area contributed by atoms with Crippen molar-refractivity contribution in [1.29, 1.82) is 0 Å². The molecule has 2 N–H and O–H groups in total. The van der Waals surface area contributed by atoms with Crippen LogP contribution in [0.15, 0.2) is 24.3 Å². The van der Waals surface area contributed by atoms with E-state index in [0.29, 0.717) is 0 Å². The number of benzene rings is 1. The maximum Gasteiger partial charge on any atom is 0.269 e. The molecule has 1 heterocycles. The number of nitrogens with one attached hydrogen (secondary N) is 2. The van der Waals surface area contributed by atoms with Crippen LogP contribution < -0.4 is 10.6 Å². The summed E-state index contributed by atoms with van der Waals surface area (Å²) in [4.78, 5) is 10.2. The molecule has 0 saturated carbocycles. The predicted molar refractivity (Wildman–Crippen MR) is 64.0 cm³/mol. The zero-order valence-corrected chi connectivity index (χ0v) is 9.50. The third kappa shape index (κ3) is 2.91. The van der Waals surface area contributed by atoms with Gasteiger partial charge in [0.25, 0.3) is 5.69 Å². The molecule has 0 radical (unpaired) electrons. The Labute approximate surface area is 99.8 Å². The molecule has 6 heteroatoms. The number of nitro groups is 1. The van der Waals surface area contributed by atoms with E-state index in [4.69, 9.17) is 0 Å². The van der Waals surface area contributed by atoms with Gasteiger partial charge in [0, 0.05) is 37.8 Å². The number of rotatable bonds is 2. The molecule has 1 fully saturated rings. The van der Waals surface area contributed by atoms with E-state index < -0.39 is 0 Å². The first-order valence-electron chi connectivity index (χ1n) is 4.96. The van der Waals surface area contributed by atoms with Crippen molar-refractivity contribution < 1.29 is 4.92 Å². The predicted octanol–water partition coefficient (Wildman–Crippen LogP) is 1.25. The molecule has 1 aliphatic rings. The van der Waals surface area contributed by atoms with Gasteiger partial charge in [-0.2, -0.15) is 0 Å². The molecular weight excluding hydrogens is 230 g/mol. The van der Waals surface area contributed by atoms with Crippen LogP contribution in [0.2, 0.25) is 0 Å². The highest BCUT2D eigenvalue weighted by atomic mass is 35.5. The van der Waals surface area contributed by atoms with Crippen molar-refractivity contribution in [2.45, 2.75) is 6.04 Å². The lowest BCUT2D eigenvalue weighted by atomic mass is 10.0. The zero-order valence-electron chi connectivity index (χ0n) is 8.68. The summed E-state index contributed by atoms with van der Waals surface area (Å²) in [5, 5.41) is 17.2. The summed E-state index contributed by atoms with van der Waals surface area (Å²) in [5.74, 6) is 0. The van der Waals surface area contributed by atoms with Gasteiger partial charge in [0.15, 0.2) is 0 Å². The van der Waals surface area contributed by atoms with Crippen LogP contribution in [-0.2, 0) is 0 Å². The molecule has 1 aliphatic heterocycles. The number of nitrogens with zero attached hydrogens (tertiary/aromatic N) is 1. The molecule has 1 aromatic carbocycles. The minimum absolute atomic E-state index is 0. The average molecular weight is 244 g/mol. The minimum atomic E-state index is -0.361. The van der Waals surface area contributed by atoms with Gasteiger partial charge in [-0.05, 0) is 5.56 Å². The molecule has 2 rings (SSSR count). The summed E-state index contributed by atoms with van der Waals surface area (Å²) >= 11 is 0. The van der Waals surface area contributed by atoms with Crippen molar-refractivity contribution in [2.75, 3.05) is 19.6 Å². The number of nitro benzene ring substituents is 1. The highest BCUT2D eigenvalue weighted by molar-refractivity contribution is 5.85. The Balaban J connectivity index is 0.00000128. The number of piperazine rings is 1. The van der Waals surface area contributed by atoms with Crippen molar-refractivity contribution in [3.05, 3.63) is 39.9 Å². The molecule has 0 aromatic heterocycles. The van der Waals surface area contributed by atoms with Crippen LogP contribution in [-0.4, -0.2) is 24.6 Å². The van der Waals surface area contributed by atoms with Crippen LogP contribution in [0.3, 0.4) is 0 Å². The topological polar surface area (TPSA) is 67.2 Å². The summed E-state index contributed by atoms with van der Waals surface area (Å²) in [6, 6.07) is 6.96. The first-order chi connectivity index (χ1) is 7.27. The van der Waals surface area contributed by atoms with E-state index in [0.717, 1.165) is 25.2 Å². The summed E-state index contributed by atoms with van der Waals surface area (Å²) in [6.45, 7) is 2.67. The summed E-state index contributed by atoms with van der Waals surface area (Å²) in [7, 11) is 0. The fourth-order valence-electron chi connectivity index (χ4n) is 1.74. The van der Waals surface area contributed by atoms with E-state index in [1.54, 1.807) is 12.1 Å². The molecule has 1 aromatic rings. The van der Waals surface area contributed by atoms with Crippen molar-refractivity contribution in [3.63, 3.8) is 0 Å². The zero-order chi connectivity index (χ0) is 10.7. The highest BCUT2D eigenvalue weighted by Crippen LogP contribution is 2.19. The van der Waals surface area contributed by atoms with Crippen molar-refractivity contribution in [1.82, 2.24) is 10.6 Å². The van der Waals surface area contributed by atoms with Crippen molar-refractivity contribution in [3.8, 4) is 0 Å². The monoisotopic (exact) mass is 243 g/mol. The fraction of sp³-hybridized carbons (Fsp3) is 0.400. The largest absolute Gasteiger partial charge is 0.314 e. The second-order valence-electron chi connectivity index (χ2n) is 3.56. The Morgan fingerprint density at radius 2 is 2.19 bits per heavy atom. The van der Waals surface area contributed by atoms with E-state index in [9.17, 15) is 10.1 Å². The van der Waals surface area contributed by atoms with Crippen molar-refractivity contribution >= 4 is 18.1 Å². The molecule has 0 bridgehead atoms. The van der Waals surface area contributed by atoms with Gasteiger partial charge >= 0.3 is 0 Å². The quantitative estimate of drug-likeness (QED) is 0.606. The van der Waals surface area contributed by atoms with E-state index in [2.05, 4.69) is 10.6 Å². The van der Waals surface area contributed by atoms with Gasteiger partial charge in [-0.1, -0.05) is 12.1 Å². The van der Waals surface area contributed by atoms with Gasteiger partial charge in [0.1, 0.15) is 0 Å². The molecule has 88 valence electrons. The number of non-ortho nitro benzene ring substituents is 1. The molecule has 1 saturated heterocycles. The second-order valence-corrected chi connectivity index (χ2v) is 3.56. The molecule has 5 nitrogen and oxygen atoms in total. The van der Waals surface area contributed by atoms with Crippen LogP contribution in [0.1, 0.15) is 11.6 Å². The number of hydrogen-bond acceptors (Lipinski definition) is 4. The van der Waals surface area contributed by atoms with E-state index in [1.165, 1.54) is 6.07 Å². The summed E-state index contributed by atoms with van der Waals surface area (Å²) < 4.78 is 0. The Hall–Kier alpha value is -1.17. The molecule has 0 unspecified atom stereocenters. The van der Waals surface area contributed by atoms with Gasteiger partial charge in [0.05, 0.1) is 4.92 Å². The van der Waals surface area contributed by atoms with Crippen LogP contribution >= 0.6 is 12.4 Å². The van der Waals surface area contributed by atoms with E-state index >= 15 is 0 Å². The molecule has 1 atom stereocenters. The Kier molecular flexibility index (Phi) is 4.67.